The predicted molar refractivity (Wildman–Crippen MR) is 85.5 cm³/mol. The number of rotatable bonds is 2. The molecule has 0 bridgehead atoms. The van der Waals surface area contributed by atoms with Crippen molar-refractivity contribution in [2.24, 2.45) is 0 Å². The molecule has 1 aromatic heterocycles. The number of carbonyl (C=O) groups is 3. The number of hydrogen-bond acceptors (Lipinski definition) is 6. The summed E-state index contributed by atoms with van der Waals surface area (Å²) in [5.74, 6) is -5.88. The molecule has 1 aliphatic rings. The second-order valence-corrected chi connectivity index (χ2v) is 6.31. The average Bonchev–Trinajstić information content (AvgIpc) is 2.86. The fourth-order valence-corrected chi connectivity index (χ4v) is 2.98. The zero-order valence-corrected chi connectivity index (χ0v) is 14.1. The first-order valence-electron chi connectivity index (χ1n) is 7.24. The lowest BCUT2D eigenvalue weighted by atomic mass is 10.2. The number of alkyl halides is 3. The van der Waals surface area contributed by atoms with Gasteiger partial charge >= 0.3 is 11.4 Å². The first kappa shape index (κ1) is 19.6. The highest BCUT2D eigenvalue weighted by Gasteiger charge is 2.40. The Balaban J connectivity index is 1.87. The van der Waals surface area contributed by atoms with E-state index in [0.717, 1.165) is 18.5 Å². The summed E-state index contributed by atoms with van der Waals surface area (Å²) in [6, 6.07) is 1.82. The van der Waals surface area contributed by atoms with Crippen LogP contribution in [0.2, 0.25) is 0 Å². The quantitative estimate of drug-likeness (QED) is 0.423. The van der Waals surface area contributed by atoms with Crippen molar-refractivity contribution >= 4 is 34.9 Å². The molecular formula is C16H6F5N3O3S. The Morgan fingerprint density at radius 1 is 1.04 bits per heavy atom. The van der Waals surface area contributed by atoms with Gasteiger partial charge < -0.3 is 0 Å². The maximum atomic E-state index is 13.3. The number of aromatic nitrogens is 2. The minimum Gasteiger partial charge on any atom is -0.268 e. The van der Waals surface area contributed by atoms with E-state index in [1.165, 1.54) is 0 Å². The number of carbonyl (C=O) groups excluding carboxylic acids is 3. The Bertz CT molecular complexity index is 1000. The molecule has 144 valence electrons. The van der Waals surface area contributed by atoms with Crippen molar-refractivity contribution in [2.75, 3.05) is 0 Å². The number of halogens is 5. The molecular weight excluding hydrogens is 409 g/mol. The van der Waals surface area contributed by atoms with Crippen LogP contribution in [0.1, 0.15) is 21.7 Å². The van der Waals surface area contributed by atoms with Gasteiger partial charge in [0.2, 0.25) is 5.82 Å². The second kappa shape index (κ2) is 7.11. The summed E-state index contributed by atoms with van der Waals surface area (Å²) in [4.78, 5) is 42.7. The molecule has 0 spiro atoms. The molecule has 3 rings (SSSR count). The summed E-state index contributed by atoms with van der Waals surface area (Å²) in [6.07, 6.45) is -2.16. The molecule has 1 aromatic carbocycles. The van der Waals surface area contributed by atoms with E-state index >= 15 is 0 Å². The van der Waals surface area contributed by atoms with Gasteiger partial charge in [0.15, 0.2) is 0 Å². The zero-order chi connectivity index (χ0) is 20.6. The molecule has 6 nitrogen and oxygen atoms in total. The molecule has 3 amide bonds. The Morgan fingerprint density at radius 3 is 2.14 bits per heavy atom. The Hall–Kier alpha value is -3.15. The van der Waals surface area contributed by atoms with E-state index in [0.29, 0.717) is 30.0 Å². The van der Waals surface area contributed by atoms with Crippen molar-refractivity contribution in [3.63, 3.8) is 0 Å². The van der Waals surface area contributed by atoms with Crippen molar-refractivity contribution in [1.29, 1.82) is 0 Å². The highest BCUT2D eigenvalue weighted by Crippen LogP contribution is 2.33. The number of thioether (sulfide) groups is 1. The maximum absolute atomic E-state index is 13.3. The summed E-state index contributed by atoms with van der Waals surface area (Å²) in [6.45, 7) is 0. The van der Waals surface area contributed by atoms with Gasteiger partial charge in [0, 0.05) is 29.6 Å². The third-order valence-corrected chi connectivity index (χ3v) is 4.20. The van der Waals surface area contributed by atoms with Gasteiger partial charge in [-0.05, 0) is 30.0 Å². The largest absolute Gasteiger partial charge is 0.451 e. The van der Waals surface area contributed by atoms with E-state index in [1.807, 2.05) is 0 Å². The van der Waals surface area contributed by atoms with Gasteiger partial charge in [-0.2, -0.15) is 13.2 Å². The number of nitrogens with zero attached hydrogens (tertiary/aromatic N) is 3. The summed E-state index contributed by atoms with van der Waals surface area (Å²) in [7, 11) is 0. The first-order valence-corrected chi connectivity index (χ1v) is 8.05. The van der Waals surface area contributed by atoms with Crippen molar-refractivity contribution in [3.8, 4) is 0 Å². The third kappa shape index (κ3) is 3.91. The smallest absolute Gasteiger partial charge is 0.268 e. The van der Waals surface area contributed by atoms with E-state index in [1.54, 1.807) is 0 Å². The van der Waals surface area contributed by atoms with Crippen LogP contribution in [0.15, 0.2) is 35.5 Å². The lowest BCUT2D eigenvalue weighted by molar-refractivity contribution is -0.145. The Morgan fingerprint density at radius 2 is 1.61 bits per heavy atom. The minimum absolute atomic E-state index is 0.0252. The fraction of sp³-hybridized carbons (Fsp3) is 0.0625. The zero-order valence-electron chi connectivity index (χ0n) is 13.3. The summed E-state index contributed by atoms with van der Waals surface area (Å²) < 4.78 is 63.9. The highest BCUT2D eigenvalue weighted by atomic mass is 32.2. The number of hydrogen-bond donors (Lipinski definition) is 0. The number of imide groups is 3. The predicted octanol–water partition coefficient (Wildman–Crippen LogP) is 3.65. The second-order valence-electron chi connectivity index (χ2n) is 5.32. The Kier molecular flexibility index (Phi) is 4.98. The summed E-state index contributed by atoms with van der Waals surface area (Å²) >= 11 is 0.330. The minimum atomic E-state index is -4.75. The van der Waals surface area contributed by atoms with Gasteiger partial charge in [-0.1, -0.05) is 0 Å². The van der Waals surface area contributed by atoms with Gasteiger partial charge in [0.1, 0.15) is 11.6 Å². The molecule has 12 heteroatoms. The van der Waals surface area contributed by atoms with E-state index in [4.69, 9.17) is 0 Å². The van der Waals surface area contributed by atoms with Gasteiger partial charge in [0.25, 0.3) is 11.8 Å². The average molecular weight is 415 g/mol. The highest BCUT2D eigenvalue weighted by molar-refractivity contribution is 8.18. The van der Waals surface area contributed by atoms with E-state index < -0.39 is 46.3 Å². The van der Waals surface area contributed by atoms with Crippen LogP contribution in [-0.4, -0.2) is 31.9 Å². The molecule has 0 N–H and O–H groups in total. The maximum Gasteiger partial charge on any atom is 0.451 e. The SMILES string of the molecule is O=C1S/C(=C\c2cnc(C(F)(F)F)nc2)C(=O)N1C(=O)c1cc(F)cc(F)c1. The summed E-state index contributed by atoms with van der Waals surface area (Å²) in [5, 5.41) is -1.03. The molecule has 1 fully saturated rings. The molecule has 0 radical (unpaired) electrons. The van der Waals surface area contributed by atoms with Crippen LogP contribution in [0.4, 0.5) is 26.7 Å². The molecule has 1 saturated heterocycles. The van der Waals surface area contributed by atoms with Crippen molar-refractivity contribution in [1.82, 2.24) is 14.9 Å². The van der Waals surface area contributed by atoms with E-state index in [2.05, 4.69) is 9.97 Å². The molecule has 2 heterocycles. The van der Waals surface area contributed by atoms with Crippen LogP contribution in [0.25, 0.3) is 6.08 Å². The molecule has 28 heavy (non-hydrogen) atoms. The van der Waals surface area contributed by atoms with Crippen molar-refractivity contribution < 1.29 is 36.3 Å². The fourth-order valence-electron chi connectivity index (χ4n) is 2.16. The van der Waals surface area contributed by atoms with Crippen LogP contribution in [0.5, 0.6) is 0 Å². The van der Waals surface area contributed by atoms with Crippen LogP contribution in [-0.2, 0) is 11.0 Å². The van der Waals surface area contributed by atoms with Gasteiger partial charge in [-0.25, -0.2) is 23.6 Å². The first-order chi connectivity index (χ1) is 13.1. The van der Waals surface area contributed by atoms with Crippen LogP contribution >= 0.6 is 11.8 Å². The van der Waals surface area contributed by atoms with E-state index in [-0.39, 0.29) is 15.4 Å². The van der Waals surface area contributed by atoms with Gasteiger partial charge in [0.05, 0.1) is 4.91 Å². The molecule has 0 unspecified atom stereocenters. The Labute approximate surface area is 157 Å². The third-order valence-electron chi connectivity index (χ3n) is 3.33. The van der Waals surface area contributed by atoms with Crippen LogP contribution in [0.3, 0.4) is 0 Å². The lowest BCUT2D eigenvalue weighted by Crippen LogP contribution is -2.34. The van der Waals surface area contributed by atoms with Gasteiger partial charge in [-0.15, -0.1) is 0 Å². The molecule has 0 atom stereocenters. The topological polar surface area (TPSA) is 80.2 Å². The van der Waals surface area contributed by atoms with Crippen LogP contribution < -0.4 is 0 Å². The number of amides is 3. The van der Waals surface area contributed by atoms with Crippen molar-refractivity contribution in [2.45, 2.75) is 6.18 Å². The molecule has 1 aliphatic heterocycles. The molecule has 0 saturated carbocycles. The van der Waals surface area contributed by atoms with Crippen molar-refractivity contribution in [3.05, 3.63) is 64.1 Å². The van der Waals surface area contributed by atoms with Gasteiger partial charge in [-0.3, -0.25) is 14.4 Å². The van der Waals surface area contributed by atoms with E-state index in [9.17, 15) is 36.3 Å². The standard InChI is InChI=1S/C16H6F5N3O3S/c17-9-2-8(3-10(18)4-9)12(25)24-13(26)11(28-15(24)27)1-7-5-22-14(23-6-7)16(19,20)21/h1-6H/b11-1-. The number of benzene rings is 1. The van der Waals surface area contributed by atoms with Crippen LogP contribution in [0, 0.1) is 11.6 Å². The summed E-state index contributed by atoms with van der Waals surface area (Å²) in [5.41, 5.74) is -0.582. The normalized spacial score (nSPS) is 16.2. The molecule has 0 aliphatic carbocycles. The molecule has 2 aromatic rings. The lowest BCUT2D eigenvalue weighted by Gasteiger charge is -2.10. The monoisotopic (exact) mass is 415 g/mol.